The van der Waals surface area contributed by atoms with Crippen LogP contribution in [0.4, 0.5) is 18.9 Å². The van der Waals surface area contributed by atoms with Crippen LogP contribution in [-0.2, 0) is 10.0 Å². The number of rotatable bonds is 5. The fraction of sp³-hybridized carbons (Fsp3) is 0.333. The van der Waals surface area contributed by atoms with Crippen molar-refractivity contribution in [1.29, 1.82) is 0 Å². The molecule has 1 aromatic carbocycles. The van der Waals surface area contributed by atoms with Gasteiger partial charge in [0.05, 0.1) is 5.69 Å². The number of anilines is 1. The minimum absolute atomic E-state index is 0.0118. The van der Waals surface area contributed by atoms with Crippen LogP contribution in [0.5, 0.6) is 0 Å². The first kappa shape index (κ1) is 18.1. The Kier molecular flexibility index (Phi) is 6.20. The van der Waals surface area contributed by atoms with Crippen LogP contribution < -0.4 is 10.5 Å². The predicted molar refractivity (Wildman–Crippen MR) is 80.0 cm³/mol. The fourth-order valence-corrected chi connectivity index (χ4v) is 4.94. The van der Waals surface area contributed by atoms with Gasteiger partial charge in [0.15, 0.2) is 0 Å². The maximum atomic E-state index is 12.0. The zero-order chi connectivity index (χ0) is 15.6. The molecular weight excluding hydrogens is 449 g/mol. The number of alkyl halides is 3. The molecule has 20 heavy (non-hydrogen) atoms. The van der Waals surface area contributed by atoms with Crippen molar-refractivity contribution in [1.82, 2.24) is 4.72 Å². The number of hydrogen-bond donors (Lipinski definition) is 2. The average Bonchev–Trinajstić information content (AvgIpc) is 2.21. The van der Waals surface area contributed by atoms with Gasteiger partial charge in [0.25, 0.3) is 0 Å². The number of nitrogens with two attached hydrogens (primary N) is 1. The zero-order valence-electron chi connectivity index (χ0n) is 9.67. The Morgan fingerprint density at radius 3 is 2.40 bits per heavy atom. The first-order valence-electron chi connectivity index (χ1n) is 4.98. The third-order valence-corrected chi connectivity index (χ3v) is 5.62. The number of thioether (sulfide) groups is 1. The molecule has 11 heteroatoms. The highest BCUT2D eigenvalue weighted by atomic mass is 79.9. The van der Waals surface area contributed by atoms with Gasteiger partial charge < -0.3 is 5.73 Å². The quantitative estimate of drug-likeness (QED) is 0.525. The van der Waals surface area contributed by atoms with Gasteiger partial charge in [-0.05, 0) is 39.8 Å². The monoisotopic (exact) mass is 456 g/mol. The van der Waals surface area contributed by atoms with E-state index in [1.54, 1.807) is 0 Å². The number of sulfonamides is 1. The molecule has 0 aliphatic heterocycles. The van der Waals surface area contributed by atoms with Crippen LogP contribution in [-0.4, -0.2) is 26.2 Å². The molecule has 0 atom stereocenters. The highest BCUT2D eigenvalue weighted by Crippen LogP contribution is 2.32. The summed E-state index contributed by atoms with van der Waals surface area (Å²) < 4.78 is 62.6. The number of hydrogen-bond acceptors (Lipinski definition) is 4. The molecule has 1 rings (SSSR count). The minimum Gasteiger partial charge on any atom is -0.398 e. The van der Waals surface area contributed by atoms with Crippen LogP contribution in [0.25, 0.3) is 0 Å². The van der Waals surface area contributed by atoms with Crippen LogP contribution in [0, 0.1) is 0 Å². The van der Waals surface area contributed by atoms with Crippen molar-refractivity contribution in [3.8, 4) is 0 Å². The molecule has 0 radical (unpaired) electrons. The first-order valence-corrected chi connectivity index (χ1v) is 9.03. The summed E-state index contributed by atoms with van der Waals surface area (Å²) in [5.41, 5.74) is 1.22. The SMILES string of the molecule is Nc1cc(Br)cc(Br)c1S(=O)(=O)NCCSC(F)(F)F. The summed E-state index contributed by atoms with van der Waals surface area (Å²) in [6, 6.07) is 2.87. The molecule has 0 unspecified atom stereocenters. The second kappa shape index (κ2) is 6.86. The summed E-state index contributed by atoms with van der Waals surface area (Å²) in [5.74, 6) is -0.420. The molecule has 114 valence electrons. The van der Waals surface area contributed by atoms with Crippen LogP contribution in [0.3, 0.4) is 0 Å². The van der Waals surface area contributed by atoms with Crippen molar-refractivity contribution >= 4 is 59.3 Å². The van der Waals surface area contributed by atoms with Crippen LogP contribution in [0.1, 0.15) is 0 Å². The van der Waals surface area contributed by atoms with Gasteiger partial charge in [0.1, 0.15) is 4.90 Å². The lowest BCUT2D eigenvalue weighted by Gasteiger charge is -2.12. The Bertz CT molecular complexity index is 570. The van der Waals surface area contributed by atoms with E-state index < -0.39 is 21.3 Å². The van der Waals surface area contributed by atoms with E-state index in [2.05, 4.69) is 36.6 Å². The largest absolute Gasteiger partial charge is 0.441 e. The average molecular weight is 458 g/mol. The minimum atomic E-state index is -4.39. The lowest BCUT2D eigenvalue weighted by Crippen LogP contribution is -2.27. The van der Waals surface area contributed by atoms with Gasteiger partial charge in [-0.3, -0.25) is 0 Å². The molecule has 0 aliphatic rings. The van der Waals surface area contributed by atoms with Gasteiger partial charge in [-0.15, -0.1) is 0 Å². The summed E-state index contributed by atoms with van der Waals surface area (Å²) in [7, 11) is -3.98. The van der Waals surface area contributed by atoms with E-state index in [0.29, 0.717) is 4.47 Å². The van der Waals surface area contributed by atoms with Crippen molar-refractivity contribution < 1.29 is 21.6 Å². The highest BCUT2D eigenvalue weighted by molar-refractivity contribution is 9.11. The summed E-state index contributed by atoms with van der Waals surface area (Å²) in [6.07, 6.45) is 0. The van der Waals surface area contributed by atoms with Crippen LogP contribution >= 0.6 is 43.6 Å². The smallest absolute Gasteiger partial charge is 0.398 e. The molecule has 0 saturated carbocycles. The first-order chi connectivity index (χ1) is 9.03. The molecule has 0 spiro atoms. The molecule has 4 nitrogen and oxygen atoms in total. The summed E-state index contributed by atoms with van der Waals surface area (Å²) in [4.78, 5) is -0.197. The summed E-state index contributed by atoms with van der Waals surface area (Å²) in [5, 5.41) is 0. The third kappa shape index (κ3) is 5.43. The maximum Gasteiger partial charge on any atom is 0.441 e. The van der Waals surface area contributed by atoms with Gasteiger partial charge >= 0.3 is 5.51 Å². The van der Waals surface area contributed by atoms with Gasteiger partial charge in [0, 0.05) is 21.2 Å². The molecule has 0 aliphatic carbocycles. The van der Waals surface area contributed by atoms with Crippen LogP contribution in [0.15, 0.2) is 26.0 Å². The molecule has 0 aromatic heterocycles. The van der Waals surface area contributed by atoms with E-state index in [9.17, 15) is 21.6 Å². The van der Waals surface area contributed by atoms with Gasteiger partial charge in [-0.1, -0.05) is 15.9 Å². The molecule has 0 amide bonds. The number of benzene rings is 1. The molecule has 0 fully saturated rings. The normalized spacial score (nSPS) is 12.7. The Balaban J connectivity index is 2.80. The Labute approximate surface area is 135 Å². The topological polar surface area (TPSA) is 72.2 Å². The Morgan fingerprint density at radius 1 is 1.30 bits per heavy atom. The van der Waals surface area contributed by atoms with Gasteiger partial charge in [0.2, 0.25) is 10.0 Å². The number of halogens is 5. The zero-order valence-corrected chi connectivity index (χ0v) is 14.5. The van der Waals surface area contributed by atoms with E-state index >= 15 is 0 Å². The lowest BCUT2D eigenvalue weighted by molar-refractivity contribution is -0.0327. The fourth-order valence-electron chi connectivity index (χ4n) is 1.28. The summed E-state index contributed by atoms with van der Waals surface area (Å²) in [6.45, 7) is -0.353. The van der Waals surface area contributed by atoms with E-state index in [4.69, 9.17) is 5.73 Å². The molecule has 1 aromatic rings. The second-order valence-corrected chi connectivity index (χ2v) is 8.13. The number of nitrogen functional groups attached to an aromatic ring is 1. The second-order valence-electron chi connectivity index (χ2n) is 3.50. The molecule has 0 bridgehead atoms. The van der Waals surface area contributed by atoms with Gasteiger partial charge in [-0.25, -0.2) is 13.1 Å². The molecule has 0 heterocycles. The van der Waals surface area contributed by atoms with Crippen molar-refractivity contribution in [2.24, 2.45) is 0 Å². The van der Waals surface area contributed by atoms with Crippen molar-refractivity contribution in [3.63, 3.8) is 0 Å². The standard InChI is InChI=1S/C9H9Br2F3N2O2S2/c10-5-3-6(11)8(7(15)4-5)20(17,18)16-1-2-19-9(12,13)14/h3-4,16H,1-2,15H2. The molecular formula is C9H9Br2F3N2O2S2. The maximum absolute atomic E-state index is 12.0. The highest BCUT2D eigenvalue weighted by Gasteiger charge is 2.28. The number of nitrogens with one attached hydrogen (secondary N) is 1. The van der Waals surface area contributed by atoms with E-state index in [-0.39, 0.29) is 33.4 Å². The van der Waals surface area contributed by atoms with Crippen molar-refractivity contribution in [2.45, 2.75) is 10.4 Å². The third-order valence-electron chi connectivity index (χ3n) is 1.97. The van der Waals surface area contributed by atoms with Crippen LogP contribution in [0.2, 0.25) is 0 Å². The van der Waals surface area contributed by atoms with Crippen molar-refractivity contribution in [3.05, 3.63) is 21.1 Å². The molecule has 3 N–H and O–H groups in total. The van der Waals surface area contributed by atoms with E-state index in [0.717, 1.165) is 0 Å². The molecule has 0 saturated heterocycles. The predicted octanol–water partition coefficient (Wildman–Crippen LogP) is 3.33. The Morgan fingerprint density at radius 2 is 1.90 bits per heavy atom. The van der Waals surface area contributed by atoms with Crippen molar-refractivity contribution in [2.75, 3.05) is 18.0 Å². The summed E-state index contributed by atoms with van der Waals surface area (Å²) >= 11 is 5.91. The van der Waals surface area contributed by atoms with E-state index in [1.807, 2.05) is 0 Å². The Hall–Kier alpha value is 0.0300. The van der Waals surface area contributed by atoms with Gasteiger partial charge in [-0.2, -0.15) is 13.2 Å². The van der Waals surface area contributed by atoms with E-state index in [1.165, 1.54) is 12.1 Å². The lowest BCUT2D eigenvalue weighted by atomic mass is 10.3.